The van der Waals surface area contributed by atoms with E-state index in [0.29, 0.717) is 5.56 Å². The van der Waals surface area contributed by atoms with Crippen LogP contribution in [0.3, 0.4) is 0 Å². The molecule has 158 valence electrons. The van der Waals surface area contributed by atoms with Crippen molar-refractivity contribution in [1.29, 1.82) is 0 Å². The number of nitrogens with zero attached hydrogens (tertiary/aromatic N) is 4. The second kappa shape index (κ2) is 8.89. The van der Waals surface area contributed by atoms with Crippen LogP contribution < -0.4 is 5.32 Å². The van der Waals surface area contributed by atoms with Gasteiger partial charge in [0.1, 0.15) is 12.7 Å². The third-order valence-corrected chi connectivity index (χ3v) is 4.08. The zero-order valence-electron chi connectivity index (χ0n) is 15.4. The van der Waals surface area contributed by atoms with Crippen molar-refractivity contribution < 1.29 is 26.7 Å². The zero-order valence-corrected chi connectivity index (χ0v) is 15.4. The molecule has 0 saturated carbocycles. The molecule has 0 aliphatic rings. The van der Waals surface area contributed by atoms with Gasteiger partial charge in [0.2, 0.25) is 0 Å². The van der Waals surface area contributed by atoms with Crippen molar-refractivity contribution in [2.24, 2.45) is 0 Å². The van der Waals surface area contributed by atoms with Gasteiger partial charge < -0.3 is 10.2 Å². The van der Waals surface area contributed by atoms with E-state index >= 15 is 0 Å². The average molecular weight is 425 g/mol. The molecule has 0 unspecified atom stereocenters. The summed E-state index contributed by atoms with van der Waals surface area (Å²) in [6, 6.07) is 10.5. The number of benzene rings is 2. The van der Waals surface area contributed by atoms with Crippen LogP contribution in [0, 0.1) is 0 Å². The highest BCUT2D eigenvalue weighted by molar-refractivity contribution is 5.89. The summed E-state index contributed by atoms with van der Waals surface area (Å²) in [5.41, 5.74) is -0.935. The molecular formula is C19H16F5N5O. The van der Waals surface area contributed by atoms with E-state index in [2.05, 4.69) is 15.4 Å². The Morgan fingerprint density at radius 1 is 1.13 bits per heavy atom. The summed E-state index contributed by atoms with van der Waals surface area (Å²) < 4.78 is 67.3. The molecule has 1 N–H and O–H groups in total. The fraction of sp³-hybridized carbons (Fsp3) is 0.211. The molecule has 0 fully saturated rings. The lowest BCUT2D eigenvalue weighted by Gasteiger charge is -2.23. The van der Waals surface area contributed by atoms with E-state index in [4.69, 9.17) is 0 Å². The lowest BCUT2D eigenvalue weighted by atomic mass is 10.1. The number of carbonyl (C=O) groups excluding carboxylic acids is 1. The van der Waals surface area contributed by atoms with E-state index in [-0.39, 0.29) is 17.9 Å². The molecule has 0 atom stereocenters. The van der Waals surface area contributed by atoms with E-state index in [1.54, 1.807) is 30.3 Å². The molecule has 0 radical (unpaired) electrons. The Kier molecular flexibility index (Phi) is 6.28. The molecule has 3 rings (SSSR count). The van der Waals surface area contributed by atoms with Crippen molar-refractivity contribution in [1.82, 2.24) is 19.7 Å². The standard InChI is InChI=1S/C19H16F5N5O/c20-17(21)10-28(9-13-4-2-1-3-5-13)18(30)27-14-6-7-16(29-12-25-11-26-29)15(8-14)19(22,23)24/h1-8,11-12,17H,9-10H2,(H,27,30). The fourth-order valence-corrected chi connectivity index (χ4v) is 2.77. The number of alkyl halides is 5. The minimum Gasteiger partial charge on any atom is -0.314 e. The van der Waals surface area contributed by atoms with Crippen molar-refractivity contribution >= 4 is 11.7 Å². The number of anilines is 1. The van der Waals surface area contributed by atoms with E-state index in [9.17, 15) is 26.7 Å². The van der Waals surface area contributed by atoms with Crippen LogP contribution in [0.25, 0.3) is 5.69 Å². The fourth-order valence-electron chi connectivity index (χ4n) is 2.77. The van der Waals surface area contributed by atoms with Crippen molar-refractivity contribution in [3.8, 4) is 5.69 Å². The first-order valence-corrected chi connectivity index (χ1v) is 8.68. The first-order valence-electron chi connectivity index (χ1n) is 8.68. The molecule has 0 bridgehead atoms. The molecule has 3 aromatic rings. The average Bonchev–Trinajstić information content (AvgIpc) is 3.22. The van der Waals surface area contributed by atoms with Gasteiger partial charge in [-0.15, -0.1) is 0 Å². The van der Waals surface area contributed by atoms with E-state index in [1.165, 1.54) is 6.07 Å². The number of carbonyl (C=O) groups is 1. The number of nitrogens with one attached hydrogen (secondary N) is 1. The van der Waals surface area contributed by atoms with Crippen molar-refractivity contribution in [3.63, 3.8) is 0 Å². The topological polar surface area (TPSA) is 63.1 Å². The maximum absolute atomic E-state index is 13.5. The SMILES string of the molecule is O=C(Nc1ccc(-n2cncn2)c(C(F)(F)F)c1)N(Cc1ccccc1)CC(F)F. The molecule has 1 heterocycles. The highest BCUT2D eigenvalue weighted by Crippen LogP contribution is 2.35. The summed E-state index contributed by atoms with van der Waals surface area (Å²) in [4.78, 5) is 17.0. The Morgan fingerprint density at radius 2 is 1.87 bits per heavy atom. The van der Waals surface area contributed by atoms with Crippen LogP contribution in [0.2, 0.25) is 0 Å². The van der Waals surface area contributed by atoms with Gasteiger partial charge in [0.25, 0.3) is 6.43 Å². The van der Waals surface area contributed by atoms with Gasteiger partial charge in [0.05, 0.1) is 17.8 Å². The number of aromatic nitrogens is 3. The third kappa shape index (κ3) is 5.31. The van der Waals surface area contributed by atoms with Gasteiger partial charge in [-0.3, -0.25) is 0 Å². The van der Waals surface area contributed by atoms with Gasteiger partial charge in [-0.25, -0.2) is 23.2 Å². The van der Waals surface area contributed by atoms with Crippen molar-refractivity contribution in [2.75, 3.05) is 11.9 Å². The number of rotatable bonds is 6. The Labute approximate surface area is 167 Å². The summed E-state index contributed by atoms with van der Waals surface area (Å²) in [5.74, 6) is 0. The van der Waals surface area contributed by atoms with Gasteiger partial charge in [-0.2, -0.15) is 18.3 Å². The van der Waals surface area contributed by atoms with Gasteiger partial charge in [0, 0.05) is 12.2 Å². The molecule has 2 aromatic carbocycles. The molecule has 0 spiro atoms. The highest BCUT2D eigenvalue weighted by atomic mass is 19.4. The van der Waals surface area contributed by atoms with Gasteiger partial charge >= 0.3 is 12.2 Å². The smallest absolute Gasteiger partial charge is 0.314 e. The third-order valence-electron chi connectivity index (χ3n) is 4.08. The molecule has 6 nitrogen and oxygen atoms in total. The van der Waals surface area contributed by atoms with Crippen LogP contribution in [0.15, 0.2) is 61.2 Å². The highest BCUT2D eigenvalue weighted by Gasteiger charge is 2.35. The van der Waals surface area contributed by atoms with E-state index < -0.39 is 30.7 Å². The van der Waals surface area contributed by atoms with Crippen LogP contribution in [-0.2, 0) is 12.7 Å². The molecule has 0 aliphatic heterocycles. The maximum Gasteiger partial charge on any atom is 0.418 e. The summed E-state index contributed by atoms with van der Waals surface area (Å²) in [6.45, 7) is -0.996. The molecule has 0 aliphatic carbocycles. The summed E-state index contributed by atoms with van der Waals surface area (Å²) >= 11 is 0. The number of urea groups is 1. The Balaban J connectivity index is 1.85. The van der Waals surface area contributed by atoms with Crippen molar-refractivity contribution in [3.05, 3.63) is 72.3 Å². The second-order valence-corrected chi connectivity index (χ2v) is 6.26. The summed E-state index contributed by atoms with van der Waals surface area (Å²) in [7, 11) is 0. The molecule has 2 amide bonds. The summed E-state index contributed by atoms with van der Waals surface area (Å²) in [5, 5.41) is 5.95. The molecule has 0 saturated heterocycles. The Hall–Kier alpha value is -3.50. The second-order valence-electron chi connectivity index (χ2n) is 6.26. The predicted molar refractivity (Wildman–Crippen MR) is 98.2 cm³/mol. The first kappa shape index (κ1) is 21.2. The minimum absolute atomic E-state index is 0.125. The maximum atomic E-state index is 13.5. The molecular weight excluding hydrogens is 409 g/mol. The quantitative estimate of drug-likeness (QED) is 0.588. The molecule has 30 heavy (non-hydrogen) atoms. The first-order chi connectivity index (χ1) is 14.2. The number of hydrogen-bond acceptors (Lipinski definition) is 3. The lowest BCUT2D eigenvalue weighted by molar-refractivity contribution is -0.137. The zero-order chi connectivity index (χ0) is 21.7. The monoisotopic (exact) mass is 425 g/mol. The normalized spacial score (nSPS) is 11.5. The lowest BCUT2D eigenvalue weighted by Crippen LogP contribution is -2.37. The van der Waals surface area contributed by atoms with Crippen LogP contribution in [0.4, 0.5) is 32.4 Å². The number of amides is 2. The van der Waals surface area contributed by atoms with Crippen LogP contribution in [-0.4, -0.2) is 38.7 Å². The van der Waals surface area contributed by atoms with E-state index in [0.717, 1.165) is 34.4 Å². The van der Waals surface area contributed by atoms with Crippen LogP contribution in [0.5, 0.6) is 0 Å². The molecule has 11 heteroatoms. The minimum atomic E-state index is -4.74. The van der Waals surface area contributed by atoms with Gasteiger partial charge in [0.15, 0.2) is 0 Å². The van der Waals surface area contributed by atoms with Gasteiger partial charge in [-0.05, 0) is 23.8 Å². The van der Waals surface area contributed by atoms with E-state index in [1.807, 2.05) is 0 Å². The Bertz CT molecular complexity index is 977. The molecule has 1 aromatic heterocycles. The van der Waals surface area contributed by atoms with Gasteiger partial charge in [-0.1, -0.05) is 30.3 Å². The number of halogens is 5. The Morgan fingerprint density at radius 3 is 2.47 bits per heavy atom. The summed E-state index contributed by atoms with van der Waals surface area (Å²) in [6.07, 6.45) is -5.36. The van der Waals surface area contributed by atoms with Crippen LogP contribution in [0.1, 0.15) is 11.1 Å². The van der Waals surface area contributed by atoms with Crippen molar-refractivity contribution in [2.45, 2.75) is 19.1 Å². The van der Waals surface area contributed by atoms with Crippen LogP contribution >= 0.6 is 0 Å². The largest absolute Gasteiger partial charge is 0.418 e. The number of hydrogen-bond donors (Lipinski definition) is 1. The predicted octanol–water partition coefficient (Wildman–Crippen LogP) is 4.59.